The number of ether oxygens (including phenoxy) is 1. The Labute approximate surface area is 159 Å². The van der Waals surface area contributed by atoms with E-state index in [0.29, 0.717) is 23.4 Å². The summed E-state index contributed by atoms with van der Waals surface area (Å²) in [6, 6.07) is 16.6. The SMILES string of the molecule is COc1ccc(Cn2cc(C#N)c(N)c2C(=O)c2ccc(Br)cc2)cc1. The van der Waals surface area contributed by atoms with Crippen molar-refractivity contribution < 1.29 is 9.53 Å². The van der Waals surface area contributed by atoms with E-state index in [2.05, 4.69) is 15.9 Å². The van der Waals surface area contributed by atoms with Crippen LogP contribution in [0.4, 0.5) is 5.69 Å². The topological polar surface area (TPSA) is 81.0 Å². The largest absolute Gasteiger partial charge is 0.497 e. The maximum Gasteiger partial charge on any atom is 0.211 e. The number of ketones is 1. The summed E-state index contributed by atoms with van der Waals surface area (Å²) < 4.78 is 7.77. The quantitative estimate of drug-likeness (QED) is 0.645. The lowest BCUT2D eigenvalue weighted by molar-refractivity contribution is 0.103. The van der Waals surface area contributed by atoms with Crippen molar-refractivity contribution in [1.29, 1.82) is 5.26 Å². The predicted octanol–water partition coefficient (Wildman–Crippen LogP) is 3.99. The average Bonchev–Trinajstić information content (AvgIpc) is 2.97. The highest BCUT2D eigenvalue weighted by molar-refractivity contribution is 9.10. The molecular weight excluding hydrogens is 394 g/mol. The molecule has 2 N–H and O–H groups in total. The first kappa shape index (κ1) is 17.8. The van der Waals surface area contributed by atoms with Crippen LogP contribution in [0.1, 0.15) is 27.2 Å². The third kappa shape index (κ3) is 3.48. The number of aromatic nitrogens is 1. The first-order chi connectivity index (χ1) is 12.5. The van der Waals surface area contributed by atoms with Crippen molar-refractivity contribution >= 4 is 27.4 Å². The van der Waals surface area contributed by atoms with Gasteiger partial charge in [-0.3, -0.25) is 4.79 Å². The third-order valence-corrected chi connectivity index (χ3v) is 4.60. The van der Waals surface area contributed by atoms with Gasteiger partial charge >= 0.3 is 0 Å². The summed E-state index contributed by atoms with van der Waals surface area (Å²) in [5.41, 5.74) is 8.38. The van der Waals surface area contributed by atoms with Gasteiger partial charge in [-0.2, -0.15) is 5.26 Å². The summed E-state index contributed by atoms with van der Waals surface area (Å²) >= 11 is 3.36. The Hall–Kier alpha value is -3.04. The number of rotatable bonds is 5. The molecule has 3 rings (SSSR count). The van der Waals surface area contributed by atoms with Crippen molar-refractivity contribution in [3.8, 4) is 11.8 Å². The Morgan fingerprint density at radius 2 is 1.85 bits per heavy atom. The van der Waals surface area contributed by atoms with Gasteiger partial charge in [-0.1, -0.05) is 28.1 Å². The highest BCUT2D eigenvalue weighted by atomic mass is 79.9. The van der Waals surface area contributed by atoms with Crippen molar-refractivity contribution in [3.63, 3.8) is 0 Å². The second-order valence-electron chi connectivity index (χ2n) is 5.73. The molecule has 0 saturated heterocycles. The number of methoxy groups -OCH3 is 1. The van der Waals surface area contributed by atoms with E-state index < -0.39 is 0 Å². The number of carbonyl (C=O) groups excluding carboxylic acids is 1. The van der Waals surface area contributed by atoms with Gasteiger partial charge in [0.2, 0.25) is 5.78 Å². The summed E-state index contributed by atoms with van der Waals surface area (Å²) in [7, 11) is 1.61. The lowest BCUT2D eigenvalue weighted by Gasteiger charge is -2.10. The van der Waals surface area contributed by atoms with Gasteiger partial charge in [-0.05, 0) is 42.0 Å². The number of hydrogen-bond acceptors (Lipinski definition) is 4. The highest BCUT2D eigenvalue weighted by Crippen LogP contribution is 2.25. The average molecular weight is 410 g/mol. The zero-order chi connectivity index (χ0) is 18.7. The molecule has 0 aliphatic rings. The van der Waals surface area contributed by atoms with Gasteiger partial charge in [-0.15, -0.1) is 0 Å². The number of nitrogens with two attached hydrogens (primary N) is 1. The fraction of sp³-hybridized carbons (Fsp3) is 0.100. The third-order valence-electron chi connectivity index (χ3n) is 4.07. The standard InChI is InChI=1S/C20H16BrN3O2/c1-26-17-8-2-13(3-9-17)11-24-12-15(10-22)18(23)19(24)20(25)14-4-6-16(21)7-5-14/h2-9,12H,11,23H2,1H3. The van der Waals surface area contributed by atoms with E-state index in [9.17, 15) is 10.1 Å². The summed E-state index contributed by atoms with van der Waals surface area (Å²) in [5.74, 6) is 0.537. The van der Waals surface area contributed by atoms with Crippen LogP contribution < -0.4 is 10.5 Å². The monoisotopic (exact) mass is 409 g/mol. The van der Waals surface area contributed by atoms with Crippen molar-refractivity contribution in [2.24, 2.45) is 0 Å². The van der Waals surface area contributed by atoms with E-state index in [-0.39, 0.29) is 11.5 Å². The number of anilines is 1. The second kappa shape index (κ2) is 7.46. The van der Waals surface area contributed by atoms with Crippen LogP contribution in [-0.2, 0) is 6.54 Å². The van der Waals surface area contributed by atoms with Gasteiger partial charge < -0.3 is 15.0 Å². The number of nitriles is 1. The summed E-state index contributed by atoms with van der Waals surface area (Å²) in [4.78, 5) is 13.0. The van der Waals surface area contributed by atoms with Gasteiger partial charge in [-0.25, -0.2) is 0 Å². The molecule has 0 atom stereocenters. The summed E-state index contributed by atoms with van der Waals surface area (Å²) in [6.45, 7) is 0.424. The summed E-state index contributed by atoms with van der Waals surface area (Å²) in [5, 5.41) is 9.30. The molecule has 1 aromatic heterocycles. The molecule has 3 aromatic rings. The smallest absolute Gasteiger partial charge is 0.211 e. The molecule has 0 aliphatic carbocycles. The molecule has 0 bridgehead atoms. The van der Waals surface area contributed by atoms with Gasteiger partial charge in [0, 0.05) is 22.8 Å². The first-order valence-electron chi connectivity index (χ1n) is 7.85. The van der Waals surface area contributed by atoms with Crippen molar-refractivity contribution in [2.75, 3.05) is 12.8 Å². The molecule has 26 heavy (non-hydrogen) atoms. The Balaban J connectivity index is 2.01. The maximum absolute atomic E-state index is 13.0. The van der Waals surface area contributed by atoms with E-state index in [1.807, 2.05) is 30.3 Å². The van der Waals surface area contributed by atoms with Crippen LogP contribution in [0.5, 0.6) is 5.75 Å². The lowest BCUT2D eigenvalue weighted by atomic mass is 10.1. The Bertz CT molecular complexity index is 984. The van der Waals surface area contributed by atoms with Crippen LogP contribution in [0, 0.1) is 11.3 Å². The minimum atomic E-state index is -0.218. The van der Waals surface area contributed by atoms with E-state index in [1.54, 1.807) is 42.1 Å². The van der Waals surface area contributed by atoms with Gasteiger partial charge in [0.15, 0.2) is 0 Å². The second-order valence-corrected chi connectivity index (χ2v) is 6.64. The molecule has 0 saturated carbocycles. The molecule has 6 heteroatoms. The van der Waals surface area contributed by atoms with Gasteiger partial charge in [0.25, 0.3) is 0 Å². The molecule has 2 aromatic carbocycles. The maximum atomic E-state index is 13.0. The minimum absolute atomic E-state index is 0.203. The number of nitrogen functional groups attached to an aromatic ring is 1. The molecule has 0 radical (unpaired) electrons. The zero-order valence-electron chi connectivity index (χ0n) is 14.1. The van der Waals surface area contributed by atoms with Crippen molar-refractivity contribution in [3.05, 3.63) is 81.6 Å². The fourth-order valence-electron chi connectivity index (χ4n) is 2.70. The number of nitrogens with zero attached hydrogens (tertiary/aromatic N) is 2. The van der Waals surface area contributed by atoms with E-state index >= 15 is 0 Å². The Morgan fingerprint density at radius 3 is 2.42 bits per heavy atom. The van der Waals surface area contributed by atoms with Crippen molar-refractivity contribution in [1.82, 2.24) is 4.57 Å². The molecule has 0 unspecified atom stereocenters. The molecular formula is C20H16BrN3O2. The van der Waals surface area contributed by atoms with Gasteiger partial charge in [0.1, 0.15) is 17.5 Å². The van der Waals surface area contributed by atoms with Crippen LogP contribution in [0.15, 0.2) is 59.2 Å². The molecule has 0 spiro atoms. The van der Waals surface area contributed by atoms with E-state index in [4.69, 9.17) is 10.5 Å². The minimum Gasteiger partial charge on any atom is -0.497 e. The Kier molecular flexibility index (Phi) is 5.10. The van der Waals surface area contributed by atoms with Gasteiger partial charge in [0.05, 0.1) is 18.4 Å². The molecule has 1 heterocycles. The molecule has 5 nitrogen and oxygen atoms in total. The molecule has 0 fully saturated rings. The number of halogens is 1. The highest BCUT2D eigenvalue weighted by Gasteiger charge is 2.21. The normalized spacial score (nSPS) is 10.3. The number of hydrogen-bond donors (Lipinski definition) is 1. The fourth-order valence-corrected chi connectivity index (χ4v) is 2.97. The van der Waals surface area contributed by atoms with E-state index in [1.165, 1.54) is 0 Å². The van der Waals surface area contributed by atoms with Crippen LogP contribution in [0.25, 0.3) is 0 Å². The molecule has 130 valence electrons. The number of carbonyl (C=O) groups is 1. The van der Waals surface area contributed by atoms with Crippen LogP contribution in [0.3, 0.4) is 0 Å². The Morgan fingerprint density at radius 1 is 1.19 bits per heavy atom. The lowest BCUT2D eigenvalue weighted by Crippen LogP contribution is -2.12. The predicted molar refractivity (Wildman–Crippen MR) is 103 cm³/mol. The van der Waals surface area contributed by atoms with Crippen molar-refractivity contribution in [2.45, 2.75) is 6.54 Å². The first-order valence-corrected chi connectivity index (χ1v) is 8.64. The summed E-state index contributed by atoms with van der Waals surface area (Å²) in [6.07, 6.45) is 1.62. The van der Waals surface area contributed by atoms with Crippen LogP contribution in [0.2, 0.25) is 0 Å². The van der Waals surface area contributed by atoms with E-state index in [0.717, 1.165) is 15.8 Å². The zero-order valence-corrected chi connectivity index (χ0v) is 15.7. The molecule has 0 aliphatic heterocycles. The van der Waals surface area contributed by atoms with Crippen LogP contribution in [-0.4, -0.2) is 17.5 Å². The molecule has 0 amide bonds. The number of benzene rings is 2. The van der Waals surface area contributed by atoms with Crippen LogP contribution >= 0.6 is 15.9 Å².